The van der Waals surface area contributed by atoms with Crippen molar-refractivity contribution < 1.29 is 8.42 Å². The summed E-state index contributed by atoms with van der Waals surface area (Å²) in [4.78, 5) is 10.1. The van der Waals surface area contributed by atoms with Crippen molar-refractivity contribution in [2.45, 2.75) is 31.2 Å². The summed E-state index contributed by atoms with van der Waals surface area (Å²) in [5.74, 6) is 0.385. The Kier molecular flexibility index (Phi) is 4.89. The molecule has 3 heterocycles. The van der Waals surface area contributed by atoms with Crippen molar-refractivity contribution in [3.05, 3.63) is 54.4 Å². The zero-order chi connectivity index (χ0) is 19.9. The normalized spacial score (nSPS) is 21.1. The number of anilines is 1. The molecule has 1 fully saturated rings. The number of rotatable bonds is 4. The number of pyridine rings is 1. The summed E-state index contributed by atoms with van der Waals surface area (Å²) >= 11 is 0. The van der Waals surface area contributed by atoms with Gasteiger partial charge in [0, 0.05) is 49.6 Å². The molecule has 6 nitrogen and oxygen atoms in total. The molecule has 0 saturated carbocycles. The van der Waals surface area contributed by atoms with Crippen LogP contribution in [0.3, 0.4) is 0 Å². The molecule has 28 heavy (non-hydrogen) atoms. The molecule has 0 amide bonds. The second-order valence-corrected chi connectivity index (χ2v) is 9.63. The van der Waals surface area contributed by atoms with Crippen LogP contribution in [0.5, 0.6) is 0 Å². The van der Waals surface area contributed by atoms with Gasteiger partial charge in [0.15, 0.2) is 0 Å². The van der Waals surface area contributed by atoms with E-state index in [1.54, 1.807) is 28.7 Å². The Morgan fingerprint density at radius 2 is 2.07 bits per heavy atom. The van der Waals surface area contributed by atoms with E-state index >= 15 is 0 Å². The predicted molar refractivity (Wildman–Crippen MR) is 112 cm³/mol. The van der Waals surface area contributed by atoms with Crippen molar-refractivity contribution in [2.75, 3.05) is 25.0 Å². The lowest BCUT2D eigenvalue weighted by molar-refractivity contribution is 0.248. The standard InChI is InChI=1S/C21H26N4O2S/c1-15-5-4-6-17(13-15)28(26,27)25-12-9-16(2)20(14-25)24(3)19-8-11-23-21-18(19)7-10-22-21/h4-8,10-11,13,16,20H,9,12,14H2,1-3H3,(H,22,23)/t16-,20?/m1/s1. The van der Waals surface area contributed by atoms with Crippen LogP contribution in [0.15, 0.2) is 53.7 Å². The van der Waals surface area contributed by atoms with Crippen molar-refractivity contribution in [3.8, 4) is 0 Å². The van der Waals surface area contributed by atoms with E-state index < -0.39 is 10.0 Å². The summed E-state index contributed by atoms with van der Waals surface area (Å²) in [6.45, 7) is 5.15. The van der Waals surface area contributed by atoms with Crippen LogP contribution >= 0.6 is 0 Å². The highest BCUT2D eigenvalue weighted by atomic mass is 32.2. The minimum absolute atomic E-state index is 0.0915. The molecule has 1 saturated heterocycles. The van der Waals surface area contributed by atoms with Gasteiger partial charge < -0.3 is 9.88 Å². The zero-order valence-corrected chi connectivity index (χ0v) is 17.3. The first kappa shape index (κ1) is 19.0. The van der Waals surface area contributed by atoms with Crippen molar-refractivity contribution >= 4 is 26.7 Å². The number of nitrogens with zero attached hydrogens (tertiary/aromatic N) is 3. The van der Waals surface area contributed by atoms with E-state index in [-0.39, 0.29) is 6.04 Å². The van der Waals surface area contributed by atoms with Crippen LogP contribution in [0, 0.1) is 12.8 Å². The fourth-order valence-electron chi connectivity index (χ4n) is 4.10. The largest absolute Gasteiger partial charge is 0.369 e. The van der Waals surface area contributed by atoms with Crippen LogP contribution in [0.1, 0.15) is 18.9 Å². The Morgan fingerprint density at radius 3 is 2.86 bits per heavy atom. The van der Waals surface area contributed by atoms with Crippen LogP contribution in [0.4, 0.5) is 5.69 Å². The molecular formula is C21H26N4O2S. The summed E-state index contributed by atoms with van der Waals surface area (Å²) in [5.41, 5.74) is 2.86. The van der Waals surface area contributed by atoms with Gasteiger partial charge >= 0.3 is 0 Å². The average Bonchev–Trinajstić information content (AvgIpc) is 3.16. The molecule has 1 N–H and O–H groups in total. The number of sulfonamides is 1. The number of H-pyrrole nitrogens is 1. The number of hydrogen-bond acceptors (Lipinski definition) is 4. The first-order chi connectivity index (χ1) is 13.4. The van der Waals surface area contributed by atoms with Crippen LogP contribution in [-0.2, 0) is 10.0 Å². The number of aromatic amines is 1. The fourth-order valence-corrected chi connectivity index (χ4v) is 5.68. The number of piperidine rings is 1. The van der Waals surface area contributed by atoms with Gasteiger partial charge in [-0.15, -0.1) is 0 Å². The molecule has 3 aromatic rings. The summed E-state index contributed by atoms with van der Waals surface area (Å²) in [6.07, 6.45) is 4.51. The van der Waals surface area contributed by atoms with Crippen molar-refractivity contribution in [1.29, 1.82) is 0 Å². The van der Waals surface area contributed by atoms with Gasteiger partial charge in [-0.2, -0.15) is 4.31 Å². The molecule has 148 valence electrons. The quantitative estimate of drug-likeness (QED) is 0.731. The van der Waals surface area contributed by atoms with E-state index in [9.17, 15) is 8.42 Å². The minimum atomic E-state index is -3.50. The second kappa shape index (κ2) is 7.22. The molecule has 2 atom stereocenters. The smallest absolute Gasteiger partial charge is 0.243 e. The monoisotopic (exact) mass is 398 g/mol. The third-order valence-corrected chi connectivity index (χ3v) is 7.68. The van der Waals surface area contributed by atoms with Crippen molar-refractivity contribution in [2.24, 2.45) is 5.92 Å². The molecule has 0 radical (unpaired) electrons. The topological polar surface area (TPSA) is 69.3 Å². The maximum Gasteiger partial charge on any atom is 0.243 e. The Balaban J connectivity index is 1.64. The van der Waals surface area contributed by atoms with Crippen LogP contribution < -0.4 is 4.90 Å². The summed E-state index contributed by atoms with van der Waals surface area (Å²) < 4.78 is 28.1. The summed E-state index contributed by atoms with van der Waals surface area (Å²) in [6, 6.07) is 11.3. The first-order valence-corrected chi connectivity index (χ1v) is 11.0. The van der Waals surface area contributed by atoms with E-state index in [1.807, 2.05) is 38.4 Å². The summed E-state index contributed by atoms with van der Waals surface area (Å²) in [7, 11) is -1.45. The van der Waals surface area contributed by atoms with Gasteiger partial charge in [0.25, 0.3) is 0 Å². The number of aromatic nitrogens is 2. The maximum absolute atomic E-state index is 13.2. The summed E-state index contributed by atoms with van der Waals surface area (Å²) in [5, 5.41) is 1.05. The minimum Gasteiger partial charge on any atom is -0.369 e. The third-order valence-electron chi connectivity index (χ3n) is 5.82. The molecule has 0 bridgehead atoms. The Hall–Kier alpha value is -2.38. The zero-order valence-electron chi connectivity index (χ0n) is 16.5. The number of nitrogens with one attached hydrogen (secondary N) is 1. The average molecular weight is 399 g/mol. The van der Waals surface area contributed by atoms with Crippen molar-refractivity contribution in [1.82, 2.24) is 14.3 Å². The van der Waals surface area contributed by atoms with E-state index in [1.165, 1.54) is 0 Å². The van der Waals surface area contributed by atoms with E-state index in [2.05, 4.69) is 21.8 Å². The lowest BCUT2D eigenvalue weighted by Gasteiger charge is -2.42. The van der Waals surface area contributed by atoms with Crippen LogP contribution in [0.25, 0.3) is 11.0 Å². The Labute approximate surface area is 166 Å². The van der Waals surface area contributed by atoms with E-state index in [0.717, 1.165) is 28.7 Å². The fraction of sp³-hybridized carbons (Fsp3) is 0.381. The van der Waals surface area contributed by atoms with Gasteiger partial charge in [-0.3, -0.25) is 0 Å². The van der Waals surface area contributed by atoms with Gasteiger partial charge in [0.1, 0.15) is 5.65 Å². The SMILES string of the molecule is Cc1cccc(S(=O)(=O)N2CC[C@@H](C)C(N(C)c3ccnc4[nH]ccc34)C2)c1. The number of fused-ring (bicyclic) bond motifs is 1. The van der Waals surface area contributed by atoms with Gasteiger partial charge in [-0.1, -0.05) is 19.1 Å². The Morgan fingerprint density at radius 1 is 1.25 bits per heavy atom. The maximum atomic E-state index is 13.2. The van der Waals surface area contributed by atoms with Gasteiger partial charge in [-0.25, -0.2) is 13.4 Å². The molecule has 7 heteroatoms. The predicted octanol–water partition coefficient (Wildman–Crippen LogP) is 3.41. The van der Waals surface area contributed by atoms with Gasteiger partial charge in [0.2, 0.25) is 10.0 Å². The van der Waals surface area contributed by atoms with Gasteiger partial charge in [-0.05, 0) is 49.1 Å². The van der Waals surface area contributed by atoms with Crippen molar-refractivity contribution in [3.63, 3.8) is 0 Å². The molecule has 1 aromatic carbocycles. The third kappa shape index (κ3) is 3.29. The number of aryl methyl sites for hydroxylation is 1. The lowest BCUT2D eigenvalue weighted by atomic mass is 9.93. The van der Waals surface area contributed by atoms with Crippen LogP contribution in [0.2, 0.25) is 0 Å². The van der Waals surface area contributed by atoms with E-state index in [0.29, 0.717) is 23.9 Å². The molecule has 2 aromatic heterocycles. The number of likely N-dealkylation sites (N-methyl/N-ethyl adjacent to an activating group) is 1. The molecule has 1 aliphatic heterocycles. The molecule has 0 spiro atoms. The van der Waals surface area contributed by atoms with E-state index in [4.69, 9.17) is 0 Å². The van der Waals surface area contributed by atoms with Crippen LogP contribution in [-0.4, -0.2) is 48.9 Å². The second-order valence-electron chi connectivity index (χ2n) is 7.69. The lowest BCUT2D eigenvalue weighted by Crippen LogP contribution is -2.52. The Bertz CT molecular complexity index is 1090. The molecule has 0 aliphatic carbocycles. The molecular weight excluding hydrogens is 372 g/mol. The highest BCUT2D eigenvalue weighted by molar-refractivity contribution is 7.89. The molecule has 1 unspecified atom stereocenters. The number of hydrogen-bond donors (Lipinski definition) is 1. The highest BCUT2D eigenvalue weighted by Gasteiger charge is 2.36. The van der Waals surface area contributed by atoms with Gasteiger partial charge in [0.05, 0.1) is 4.90 Å². The molecule has 1 aliphatic rings. The number of benzene rings is 1. The first-order valence-electron chi connectivity index (χ1n) is 9.59. The molecule has 4 rings (SSSR count). The highest BCUT2D eigenvalue weighted by Crippen LogP contribution is 2.32.